The molecule has 1 aliphatic carbocycles. The van der Waals surface area contributed by atoms with Crippen molar-refractivity contribution >= 4 is 28.5 Å². The molecule has 7 nitrogen and oxygen atoms in total. The quantitative estimate of drug-likeness (QED) is 0.787. The van der Waals surface area contributed by atoms with Crippen LogP contribution in [0.5, 0.6) is 5.75 Å². The summed E-state index contributed by atoms with van der Waals surface area (Å²) in [6, 6.07) is 6.00. The van der Waals surface area contributed by atoms with Crippen molar-refractivity contribution in [3.63, 3.8) is 0 Å². The van der Waals surface area contributed by atoms with Gasteiger partial charge in [-0.05, 0) is 31.7 Å². The molecule has 1 spiro atoms. The van der Waals surface area contributed by atoms with E-state index in [1.54, 1.807) is 7.11 Å². The van der Waals surface area contributed by atoms with Crippen LogP contribution in [0.4, 0.5) is 5.69 Å². The van der Waals surface area contributed by atoms with Crippen molar-refractivity contribution in [1.82, 2.24) is 4.98 Å². The van der Waals surface area contributed by atoms with Crippen LogP contribution in [0.3, 0.4) is 0 Å². The summed E-state index contributed by atoms with van der Waals surface area (Å²) in [6.45, 7) is 0. The van der Waals surface area contributed by atoms with Crippen LogP contribution in [0.1, 0.15) is 32.1 Å². The molecule has 1 aliphatic heterocycles. The number of nitrogens with zero attached hydrogens (tertiary/aromatic N) is 3. The Bertz CT molecular complexity index is 831. The van der Waals surface area contributed by atoms with Crippen LogP contribution in [0.15, 0.2) is 34.4 Å². The Labute approximate surface area is 140 Å². The van der Waals surface area contributed by atoms with Crippen molar-refractivity contribution in [2.24, 2.45) is 21.5 Å². The van der Waals surface area contributed by atoms with Gasteiger partial charge in [0.1, 0.15) is 11.4 Å². The lowest BCUT2D eigenvalue weighted by atomic mass is 9.87. The van der Waals surface area contributed by atoms with Crippen molar-refractivity contribution in [3.05, 3.63) is 24.4 Å². The Kier molecular flexibility index (Phi) is 3.37. The second-order valence-electron chi connectivity index (χ2n) is 6.40. The Morgan fingerprint density at radius 2 is 2.00 bits per heavy atom. The maximum atomic E-state index is 6.32. The number of fused-ring (bicyclic) bond motifs is 1. The van der Waals surface area contributed by atoms with Gasteiger partial charge >= 0.3 is 0 Å². The Balaban J connectivity index is 1.93. The van der Waals surface area contributed by atoms with Crippen molar-refractivity contribution in [2.45, 2.75) is 37.8 Å². The standard InChI is InChI=1S/C17H22N6O/c1-24-11-9-13-12(5-8-20-13)14(10-11)23-16(19)21-15(18)22-17(23)6-3-2-4-7-17/h5,8-10,20H,2-4,6-7H2,1H3,(H4,18,19,21,22). The largest absolute Gasteiger partial charge is 0.497 e. The van der Waals surface area contributed by atoms with Gasteiger partial charge in [-0.1, -0.05) is 6.42 Å². The molecule has 0 saturated heterocycles. The molecule has 0 unspecified atom stereocenters. The number of aromatic nitrogens is 1. The molecule has 0 amide bonds. The van der Waals surface area contributed by atoms with Crippen LogP contribution in [0.2, 0.25) is 0 Å². The van der Waals surface area contributed by atoms with Gasteiger partial charge in [0, 0.05) is 23.7 Å². The van der Waals surface area contributed by atoms with Gasteiger partial charge in [-0.2, -0.15) is 4.99 Å². The summed E-state index contributed by atoms with van der Waals surface area (Å²) < 4.78 is 5.47. The lowest BCUT2D eigenvalue weighted by Gasteiger charge is -2.45. The fraction of sp³-hybridized carbons (Fsp3) is 0.412. The van der Waals surface area contributed by atoms with Crippen molar-refractivity contribution in [2.75, 3.05) is 12.0 Å². The molecule has 0 bridgehead atoms. The number of H-pyrrole nitrogens is 1. The van der Waals surface area contributed by atoms with Gasteiger partial charge in [-0.3, -0.25) is 4.90 Å². The van der Waals surface area contributed by atoms with E-state index in [2.05, 4.69) is 9.98 Å². The van der Waals surface area contributed by atoms with E-state index >= 15 is 0 Å². The molecule has 2 aromatic rings. The molecule has 1 fully saturated rings. The van der Waals surface area contributed by atoms with Crippen LogP contribution >= 0.6 is 0 Å². The molecular formula is C17H22N6O. The maximum Gasteiger partial charge on any atom is 0.220 e. The lowest BCUT2D eigenvalue weighted by molar-refractivity contribution is 0.306. The number of nitrogens with one attached hydrogen (secondary N) is 1. The van der Waals surface area contributed by atoms with Gasteiger partial charge in [-0.15, -0.1) is 0 Å². The minimum absolute atomic E-state index is 0.263. The van der Waals surface area contributed by atoms with Gasteiger partial charge in [0.05, 0.1) is 18.3 Å². The van der Waals surface area contributed by atoms with Crippen LogP contribution in [-0.4, -0.2) is 29.7 Å². The van der Waals surface area contributed by atoms with E-state index in [0.717, 1.165) is 48.0 Å². The maximum absolute atomic E-state index is 6.32. The van der Waals surface area contributed by atoms with Gasteiger partial charge < -0.3 is 21.2 Å². The van der Waals surface area contributed by atoms with E-state index in [-0.39, 0.29) is 5.96 Å². The highest BCUT2D eigenvalue weighted by molar-refractivity contribution is 6.10. The highest BCUT2D eigenvalue weighted by atomic mass is 16.5. The third kappa shape index (κ3) is 2.19. The zero-order valence-electron chi connectivity index (χ0n) is 13.7. The third-order valence-electron chi connectivity index (χ3n) is 4.95. The highest BCUT2D eigenvalue weighted by Crippen LogP contribution is 2.42. The lowest BCUT2D eigenvalue weighted by Crippen LogP contribution is -2.58. The smallest absolute Gasteiger partial charge is 0.220 e. The Morgan fingerprint density at radius 1 is 1.21 bits per heavy atom. The monoisotopic (exact) mass is 326 g/mol. The number of aromatic amines is 1. The van der Waals surface area contributed by atoms with E-state index in [0.29, 0.717) is 5.96 Å². The van der Waals surface area contributed by atoms with E-state index in [1.165, 1.54) is 6.42 Å². The first kappa shape index (κ1) is 14.9. The predicted molar refractivity (Wildman–Crippen MR) is 96.4 cm³/mol. The molecule has 1 aromatic heterocycles. The summed E-state index contributed by atoms with van der Waals surface area (Å²) in [5.74, 6) is 1.42. The first-order valence-corrected chi connectivity index (χ1v) is 8.28. The molecule has 2 aliphatic rings. The Morgan fingerprint density at radius 3 is 2.75 bits per heavy atom. The first-order valence-electron chi connectivity index (χ1n) is 8.28. The summed E-state index contributed by atoms with van der Waals surface area (Å²) in [6.07, 6.45) is 7.14. The molecule has 0 atom stereocenters. The summed E-state index contributed by atoms with van der Waals surface area (Å²) >= 11 is 0. The molecule has 1 aromatic carbocycles. The van der Waals surface area contributed by atoms with Crippen molar-refractivity contribution in [3.8, 4) is 5.75 Å². The van der Waals surface area contributed by atoms with E-state index in [1.807, 2.05) is 29.3 Å². The van der Waals surface area contributed by atoms with Crippen LogP contribution in [0.25, 0.3) is 10.9 Å². The van der Waals surface area contributed by atoms with Crippen LogP contribution in [-0.2, 0) is 0 Å². The molecule has 5 N–H and O–H groups in total. The number of hydrogen-bond acceptors (Lipinski definition) is 6. The van der Waals surface area contributed by atoms with Gasteiger partial charge in [0.15, 0.2) is 0 Å². The average molecular weight is 326 g/mol. The fourth-order valence-corrected chi connectivity index (χ4v) is 3.89. The van der Waals surface area contributed by atoms with E-state index < -0.39 is 5.66 Å². The first-order chi connectivity index (χ1) is 11.6. The number of guanidine groups is 2. The predicted octanol–water partition coefficient (Wildman–Crippen LogP) is 2.29. The molecule has 126 valence electrons. The summed E-state index contributed by atoms with van der Waals surface area (Å²) in [5, 5.41) is 1.06. The zero-order valence-corrected chi connectivity index (χ0v) is 13.7. The molecule has 24 heavy (non-hydrogen) atoms. The molecule has 1 saturated carbocycles. The highest BCUT2D eigenvalue weighted by Gasteiger charge is 2.43. The third-order valence-corrected chi connectivity index (χ3v) is 4.95. The van der Waals surface area contributed by atoms with Crippen molar-refractivity contribution in [1.29, 1.82) is 0 Å². The van der Waals surface area contributed by atoms with Gasteiger partial charge in [0.2, 0.25) is 11.9 Å². The molecule has 0 radical (unpaired) electrons. The number of methoxy groups -OCH3 is 1. The minimum Gasteiger partial charge on any atom is -0.497 e. The molecular weight excluding hydrogens is 304 g/mol. The number of aliphatic imine (C=N–C) groups is 2. The summed E-state index contributed by atoms with van der Waals surface area (Å²) in [7, 11) is 1.66. The zero-order chi connectivity index (χ0) is 16.7. The number of nitrogens with two attached hydrogens (primary N) is 2. The minimum atomic E-state index is -0.454. The van der Waals surface area contributed by atoms with E-state index in [9.17, 15) is 0 Å². The summed E-state index contributed by atoms with van der Waals surface area (Å²) in [4.78, 5) is 14.2. The average Bonchev–Trinajstić information content (AvgIpc) is 3.03. The molecule has 7 heteroatoms. The number of anilines is 1. The van der Waals surface area contributed by atoms with Gasteiger partial charge in [0.25, 0.3) is 0 Å². The number of benzene rings is 1. The van der Waals surface area contributed by atoms with Gasteiger partial charge in [-0.25, -0.2) is 4.99 Å². The normalized spacial score (nSPS) is 20.1. The van der Waals surface area contributed by atoms with E-state index in [4.69, 9.17) is 21.2 Å². The SMILES string of the molecule is COc1cc(N2C(N)=NC(N)=NC23CCCCC3)c2cc[nH]c2c1. The summed E-state index contributed by atoms with van der Waals surface area (Å²) in [5.41, 5.74) is 13.8. The molecule has 4 rings (SSSR count). The number of ether oxygens (including phenoxy) is 1. The van der Waals surface area contributed by atoms with Crippen LogP contribution in [0, 0.1) is 0 Å². The topological polar surface area (TPSA) is 105 Å². The fourth-order valence-electron chi connectivity index (χ4n) is 3.89. The van der Waals surface area contributed by atoms with Crippen molar-refractivity contribution < 1.29 is 4.74 Å². The number of hydrogen-bond donors (Lipinski definition) is 3. The second kappa shape index (κ2) is 5.43. The number of rotatable bonds is 2. The molecule has 2 heterocycles. The second-order valence-corrected chi connectivity index (χ2v) is 6.40. The van der Waals surface area contributed by atoms with Crippen LogP contribution < -0.4 is 21.1 Å². The Hall–Kier alpha value is -2.70.